The van der Waals surface area contributed by atoms with Crippen LogP contribution in [0.3, 0.4) is 0 Å². The van der Waals surface area contributed by atoms with E-state index in [1.165, 1.54) is 0 Å². The lowest BCUT2D eigenvalue weighted by Gasteiger charge is -2.34. The fourth-order valence-electron chi connectivity index (χ4n) is 2.59. The van der Waals surface area contributed by atoms with Gasteiger partial charge < -0.3 is 15.0 Å². The number of alkyl halides is 3. The molecule has 0 aromatic heterocycles. The third-order valence-corrected chi connectivity index (χ3v) is 3.78. The normalized spacial score (nSPS) is 16.3. The Bertz CT molecular complexity index is 518. The molecule has 25 heavy (non-hydrogen) atoms. The summed E-state index contributed by atoms with van der Waals surface area (Å²) < 4.78 is 42.8. The number of nitrogens with zero attached hydrogens (tertiary/aromatic N) is 2. The van der Waals surface area contributed by atoms with Crippen molar-refractivity contribution in [2.24, 2.45) is 4.99 Å². The van der Waals surface area contributed by atoms with Crippen LogP contribution >= 0.6 is 24.0 Å². The number of rotatable bonds is 5. The van der Waals surface area contributed by atoms with Crippen LogP contribution in [-0.4, -0.2) is 49.3 Å². The number of hydrogen-bond acceptors (Lipinski definition) is 2. The van der Waals surface area contributed by atoms with E-state index >= 15 is 0 Å². The van der Waals surface area contributed by atoms with Gasteiger partial charge in [-0.1, -0.05) is 18.2 Å². The number of benzene rings is 1. The third kappa shape index (κ3) is 8.15. The minimum atomic E-state index is -4.17. The van der Waals surface area contributed by atoms with Gasteiger partial charge in [0.05, 0.1) is 13.0 Å². The highest BCUT2D eigenvalue weighted by atomic mass is 127. The zero-order valence-corrected chi connectivity index (χ0v) is 16.6. The van der Waals surface area contributed by atoms with Gasteiger partial charge in [-0.3, -0.25) is 4.99 Å². The van der Waals surface area contributed by atoms with Gasteiger partial charge in [-0.05, 0) is 19.1 Å². The van der Waals surface area contributed by atoms with E-state index in [1.54, 1.807) is 0 Å². The van der Waals surface area contributed by atoms with Crippen molar-refractivity contribution >= 4 is 29.9 Å². The second-order valence-electron chi connectivity index (χ2n) is 5.72. The molecule has 0 amide bonds. The standard InChI is InChI=1S/C17H24F3N3O.HI/c1-2-21-16(22-11-10-17(18,19)20)23-12-8-15(9-13-23)24-14-6-4-3-5-7-14;/h3-7,15H,2,8-13H2,1H3,(H,21,22);1H. The Morgan fingerprint density at radius 1 is 1.24 bits per heavy atom. The molecule has 1 aromatic rings. The maximum atomic E-state index is 12.3. The molecule has 1 aliphatic rings. The van der Waals surface area contributed by atoms with Crippen LogP contribution in [0.2, 0.25) is 0 Å². The second-order valence-corrected chi connectivity index (χ2v) is 5.72. The average Bonchev–Trinajstić information content (AvgIpc) is 2.55. The minimum Gasteiger partial charge on any atom is -0.490 e. The van der Waals surface area contributed by atoms with E-state index in [4.69, 9.17) is 4.74 Å². The first-order chi connectivity index (χ1) is 11.5. The van der Waals surface area contributed by atoms with E-state index in [-0.39, 0.29) is 36.6 Å². The summed E-state index contributed by atoms with van der Waals surface area (Å²) >= 11 is 0. The summed E-state index contributed by atoms with van der Waals surface area (Å²) in [6.45, 7) is 3.73. The smallest absolute Gasteiger partial charge is 0.390 e. The lowest BCUT2D eigenvalue weighted by Crippen LogP contribution is -2.47. The molecule has 0 radical (unpaired) electrons. The first-order valence-electron chi connectivity index (χ1n) is 8.29. The highest BCUT2D eigenvalue weighted by Crippen LogP contribution is 2.20. The summed E-state index contributed by atoms with van der Waals surface area (Å²) in [6, 6.07) is 9.65. The Balaban J connectivity index is 0.00000312. The summed E-state index contributed by atoms with van der Waals surface area (Å²) in [5.74, 6) is 1.40. The van der Waals surface area contributed by atoms with Crippen molar-refractivity contribution in [1.29, 1.82) is 0 Å². The predicted octanol–water partition coefficient (Wildman–Crippen LogP) is 4.07. The minimum absolute atomic E-state index is 0. The molecule has 0 saturated carbocycles. The molecule has 142 valence electrons. The summed E-state index contributed by atoms with van der Waals surface area (Å²) in [4.78, 5) is 6.11. The molecule has 0 bridgehead atoms. The molecule has 1 aromatic carbocycles. The molecule has 1 aliphatic heterocycles. The Kier molecular flexibility index (Phi) is 9.37. The Morgan fingerprint density at radius 3 is 2.44 bits per heavy atom. The van der Waals surface area contributed by atoms with Gasteiger partial charge in [0.25, 0.3) is 0 Å². The molecule has 0 spiro atoms. The van der Waals surface area contributed by atoms with E-state index in [1.807, 2.05) is 42.2 Å². The van der Waals surface area contributed by atoms with E-state index in [0.29, 0.717) is 12.5 Å². The van der Waals surface area contributed by atoms with E-state index in [0.717, 1.165) is 31.7 Å². The second kappa shape index (κ2) is 10.7. The van der Waals surface area contributed by atoms with E-state index < -0.39 is 12.6 Å². The first-order valence-corrected chi connectivity index (χ1v) is 8.29. The summed E-state index contributed by atoms with van der Waals surface area (Å²) in [6.07, 6.45) is -3.30. The first kappa shape index (κ1) is 21.9. The van der Waals surface area contributed by atoms with Gasteiger partial charge >= 0.3 is 6.18 Å². The van der Waals surface area contributed by atoms with Gasteiger partial charge in [0.1, 0.15) is 11.9 Å². The Hall–Kier alpha value is -1.19. The monoisotopic (exact) mass is 471 g/mol. The number of nitrogens with one attached hydrogen (secondary N) is 1. The van der Waals surface area contributed by atoms with Crippen LogP contribution in [0.1, 0.15) is 26.2 Å². The molecule has 1 heterocycles. The van der Waals surface area contributed by atoms with Gasteiger partial charge in [-0.25, -0.2) is 0 Å². The molecule has 0 unspecified atom stereocenters. The molecule has 4 nitrogen and oxygen atoms in total. The molecule has 0 aliphatic carbocycles. The average molecular weight is 471 g/mol. The molecular weight excluding hydrogens is 446 g/mol. The predicted molar refractivity (Wildman–Crippen MR) is 104 cm³/mol. The maximum Gasteiger partial charge on any atom is 0.390 e. The largest absolute Gasteiger partial charge is 0.490 e. The van der Waals surface area contributed by atoms with Gasteiger partial charge in [0.15, 0.2) is 5.96 Å². The van der Waals surface area contributed by atoms with Crippen LogP contribution in [0, 0.1) is 0 Å². The molecule has 0 atom stereocenters. The number of hydrogen-bond donors (Lipinski definition) is 1. The number of likely N-dealkylation sites (tertiary alicyclic amines) is 1. The lowest BCUT2D eigenvalue weighted by atomic mass is 10.1. The highest BCUT2D eigenvalue weighted by Gasteiger charge is 2.27. The number of guanidine groups is 1. The van der Waals surface area contributed by atoms with Crippen LogP contribution in [0.25, 0.3) is 0 Å². The summed E-state index contributed by atoms with van der Waals surface area (Å²) in [7, 11) is 0. The van der Waals surface area contributed by atoms with Gasteiger partial charge in [0.2, 0.25) is 0 Å². The fraction of sp³-hybridized carbons (Fsp3) is 0.588. The van der Waals surface area contributed by atoms with Crippen molar-refractivity contribution in [2.75, 3.05) is 26.2 Å². The van der Waals surface area contributed by atoms with Crippen molar-refractivity contribution < 1.29 is 17.9 Å². The van der Waals surface area contributed by atoms with Crippen LogP contribution in [0.15, 0.2) is 35.3 Å². The Morgan fingerprint density at radius 2 is 1.88 bits per heavy atom. The molecule has 1 saturated heterocycles. The van der Waals surface area contributed by atoms with E-state index in [2.05, 4.69) is 10.3 Å². The quantitative estimate of drug-likeness (QED) is 0.400. The van der Waals surface area contributed by atoms with Crippen LogP contribution < -0.4 is 10.1 Å². The maximum absolute atomic E-state index is 12.3. The zero-order chi connectivity index (χ0) is 17.4. The van der Waals surface area contributed by atoms with Gasteiger partial charge in [0, 0.05) is 32.5 Å². The molecule has 2 rings (SSSR count). The van der Waals surface area contributed by atoms with Crippen molar-refractivity contribution in [2.45, 2.75) is 38.5 Å². The number of aliphatic imine (C=N–C) groups is 1. The fourth-order valence-corrected chi connectivity index (χ4v) is 2.59. The van der Waals surface area contributed by atoms with Gasteiger partial charge in [-0.15, -0.1) is 24.0 Å². The van der Waals surface area contributed by atoms with Crippen LogP contribution in [0.4, 0.5) is 13.2 Å². The van der Waals surface area contributed by atoms with E-state index in [9.17, 15) is 13.2 Å². The number of para-hydroxylation sites is 1. The topological polar surface area (TPSA) is 36.9 Å². The van der Waals surface area contributed by atoms with Crippen LogP contribution in [0.5, 0.6) is 5.75 Å². The SMILES string of the molecule is CCNC(=NCCC(F)(F)F)N1CCC(Oc2ccccc2)CC1.I. The Labute approximate surface area is 163 Å². The van der Waals surface area contributed by atoms with Crippen molar-refractivity contribution in [3.05, 3.63) is 30.3 Å². The number of halogens is 4. The number of ether oxygens (including phenoxy) is 1. The summed E-state index contributed by atoms with van der Waals surface area (Å²) in [5, 5.41) is 3.07. The molecule has 1 fully saturated rings. The van der Waals surface area contributed by atoms with Crippen molar-refractivity contribution in [1.82, 2.24) is 10.2 Å². The van der Waals surface area contributed by atoms with Crippen molar-refractivity contribution in [3.8, 4) is 5.75 Å². The van der Waals surface area contributed by atoms with Crippen LogP contribution in [-0.2, 0) is 0 Å². The summed E-state index contributed by atoms with van der Waals surface area (Å²) in [5.41, 5.74) is 0. The van der Waals surface area contributed by atoms with Crippen molar-refractivity contribution in [3.63, 3.8) is 0 Å². The third-order valence-electron chi connectivity index (χ3n) is 3.78. The molecule has 1 N–H and O–H groups in total. The highest BCUT2D eigenvalue weighted by molar-refractivity contribution is 14.0. The lowest BCUT2D eigenvalue weighted by molar-refractivity contribution is -0.132. The zero-order valence-electron chi connectivity index (χ0n) is 14.3. The molecular formula is C17H25F3IN3O. The number of piperidine rings is 1. The molecule has 8 heteroatoms. The van der Waals surface area contributed by atoms with Gasteiger partial charge in [-0.2, -0.15) is 13.2 Å².